The van der Waals surface area contributed by atoms with E-state index in [9.17, 15) is 9.59 Å². The van der Waals surface area contributed by atoms with Crippen molar-refractivity contribution in [3.63, 3.8) is 0 Å². The standard InChI is InChI=1S/C20H19N3O3/c1-14-5-7-15(8-6-14)12-21-20(25)23-18-4-2-3-17(11-18)22-19(24)16-9-10-26-13-16/h2-11,13H,12H2,1H3,(H,22,24)(H2,21,23,25). The molecular weight excluding hydrogens is 330 g/mol. The first-order valence-corrected chi connectivity index (χ1v) is 8.14. The molecule has 0 atom stereocenters. The number of rotatable bonds is 5. The van der Waals surface area contributed by atoms with Gasteiger partial charge >= 0.3 is 6.03 Å². The average Bonchev–Trinajstić information content (AvgIpc) is 3.16. The minimum absolute atomic E-state index is 0.278. The number of urea groups is 1. The molecule has 0 bridgehead atoms. The topological polar surface area (TPSA) is 83.4 Å². The van der Waals surface area contributed by atoms with Crippen LogP contribution in [0.3, 0.4) is 0 Å². The Labute approximate surface area is 151 Å². The molecule has 0 saturated heterocycles. The third kappa shape index (κ3) is 4.73. The molecule has 6 heteroatoms. The highest BCUT2D eigenvalue weighted by Crippen LogP contribution is 2.16. The number of hydrogen-bond acceptors (Lipinski definition) is 3. The molecular formula is C20H19N3O3. The molecule has 3 aromatic rings. The van der Waals surface area contributed by atoms with E-state index >= 15 is 0 Å². The van der Waals surface area contributed by atoms with Crippen molar-refractivity contribution in [2.75, 3.05) is 10.6 Å². The van der Waals surface area contributed by atoms with Crippen molar-refractivity contribution in [3.05, 3.63) is 83.8 Å². The summed E-state index contributed by atoms with van der Waals surface area (Å²) in [4.78, 5) is 24.1. The van der Waals surface area contributed by atoms with Gasteiger partial charge in [0.2, 0.25) is 0 Å². The quantitative estimate of drug-likeness (QED) is 0.647. The van der Waals surface area contributed by atoms with Crippen LogP contribution in [0, 0.1) is 6.92 Å². The summed E-state index contributed by atoms with van der Waals surface area (Å²) >= 11 is 0. The fourth-order valence-electron chi connectivity index (χ4n) is 2.34. The second kappa shape index (κ2) is 8.02. The highest BCUT2D eigenvalue weighted by molar-refractivity contribution is 6.04. The smallest absolute Gasteiger partial charge is 0.319 e. The van der Waals surface area contributed by atoms with Crippen LogP contribution in [0.25, 0.3) is 0 Å². The van der Waals surface area contributed by atoms with Crippen molar-refractivity contribution in [1.29, 1.82) is 0 Å². The number of benzene rings is 2. The van der Waals surface area contributed by atoms with Crippen LogP contribution in [0.4, 0.5) is 16.2 Å². The molecule has 0 unspecified atom stereocenters. The van der Waals surface area contributed by atoms with Gasteiger partial charge in [0, 0.05) is 17.9 Å². The number of amides is 3. The lowest BCUT2D eigenvalue weighted by Gasteiger charge is -2.10. The molecule has 0 radical (unpaired) electrons. The van der Waals surface area contributed by atoms with Crippen molar-refractivity contribution in [2.24, 2.45) is 0 Å². The highest BCUT2D eigenvalue weighted by atomic mass is 16.3. The third-order valence-corrected chi connectivity index (χ3v) is 3.74. The van der Waals surface area contributed by atoms with Gasteiger partial charge in [0.25, 0.3) is 5.91 Å². The van der Waals surface area contributed by atoms with Gasteiger partial charge in [0.1, 0.15) is 6.26 Å². The molecule has 2 aromatic carbocycles. The molecule has 0 spiro atoms. The first kappa shape index (κ1) is 17.3. The van der Waals surface area contributed by atoms with Crippen LogP contribution >= 0.6 is 0 Å². The van der Waals surface area contributed by atoms with Crippen LogP contribution in [0.15, 0.2) is 71.5 Å². The summed E-state index contributed by atoms with van der Waals surface area (Å²) in [5.41, 5.74) is 3.78. The monoisotopic (exact) mass is 349 g/mol. The fraction of sp³-hybridized carbons (Fsp3) is 0.100. The van der Waals surface area contributed by atoms with Gasteiger partial charge in [-0.3, -0.25) is 4.79 Å². The molecule has 0 aliphatic carbocycles. The number of carbonyl (C=O) groups is 2. The Kier molecular flexibility index (Phi) is 5.34. The summed E-state index contributed by atoms with van der Waals surface area (Å²) in [5.74, 6) is -0.278. The summed E-state index contributed by atoms with van der Waals surface area (Å²) in [7, 11) is 0. The Morgan fingerprint density at radius 3 is 2.38 bits per heavy atom. The number of nitrogens with one attached hydrogen (secondary N) is 3. The lowest BCUT2D eigenvalue weighted by Crippen LogP contribution is -2.28. The molecule has 0 aliphatic rings. The summed E-state index contributed by atoms with van der Waals surface area (Å²) in [6, 6.07) is 16.1. The van der Waals surface area contributed by atoms with E-state index in [1.807, 2.05) is 31.2 Å². The minimum Gasteiger partial charge on any atom is -0.472 e. The summed E-state index contributed by atoms with van der Waals surface area (Å²) < 4.78 is 4.89. The van der Waals surface area contributed by atoms with Gasteiger partial charge in [-0.2, -0.15) is 0 Å². The molecule has 0 fully saturated rings. The number of anilines is 2. The van der Waals surface area contributed by atoms with E-state index in [-0.39, 0.29) is 11.9 Å². The third-order valence-electron chi connectivity index (χ3n) is 3.74. The normalized spacial score (nSPS) is 10.2. The number of aryl methyl sites for hydroxylation is 1. The Morgan fingerprint density at radius 1 is 0.962 bits per heavy atom. The van der Waals surface area contributed by atoms with E-state index in [1.54, 1.807) is 30.3 Å². The zero-order valence-electron chi connectivity index (χ0n) is 14.3. The number of furan rings is 1. The maximum absolute atomic E-state index is 12.1. The van der Waals surface area contributed by atoms with Gasteiger partial charge in [-0.15, -0.1) is 0 Å². The first-order valence-electron chi connectivity index (χ1n) is 8.14. The molecule has 1 heterocycles. The van der Waals surface area contributed by atoms with Crippen molar-refractivity contribution >= 4 is 23.3 Å². The van der Waals surface area contributed by atoms with Crippen molar-refractivity contribution < 1.29 is 14.0 Å². The Bertz CT molecular complexity index is 887. The molecule has 132 valence electrons. The van der Waals surface area contributed by atoms with E-state index in [2.05, 4.69) is 16.0 Å². The largest absolute Gasteiger partial charge is 0.472 e. The van der Waals surface area contributed by atoms with Crippen molar-refractivity contribution in [2.45, 2.75) is 13.5 Å². The molecule has 3 amide bonds. The lowest BCUT2D eigenvalue weighted by atomic mass is 10.1. The van der Waals surface area contributed by atoms with E-state index in [0.29, 0.717) is 23.5 Å². The number of hydrogen-bond donors (Lipinski definition) is 3. The molecule has 1 aromatic heterocycles. The van der Waals surface area contributed by atoms with E-state index in [1.165, 1.54) is 18.1 Å². The molecule has 3 rings (SSSR count). The highest BCUT2D eigenvalue weighted by Gasteiger charge is 2.08. The second-order valence-corrected chi connectivity index (χ2v) is 5.84. The maximum Gasteiger partial charge on any atom is 0.319 e. The lowest BCUT2D eigenvalue weighted by molar-refractivity contribution is 0.102. The van der Waals surface area contributed by atoms with E-state index < -0.39 is 0 Å². The summed E-state index contributed by atoms with van der Waals surface area (Å²) in [6.45, 7) is 2.45. The summed E-state index contributed by atoms with van der Waals surface area (Å²) in [6.07, 6.45) is 2.81. The fourth-order valence-corrected chi connectivity index (χ4v) is 2.34. The molecule has 0 aliphatic heterocycles. The van der Waals surface area contributed by atoms with Crippen molar-refractivity contribution in [1.82, 2.24) is 5.32 Å². The average molecular weight is 349 g/mol. The predicted molar refractivity (Wildman–Crippen MR) is 100 cm³/mol. The first-order chi connectivity index (χ1) is 12.6. The molecule has 6 nitrogen and oxygen atoms in total. The van der Waals surface area contributed by atoms with Crippen LogP contribution in [-0.4, -0.2) is 11.9 Å². The summed E-state index contributed by atoms with van der Waals surface area (Å²) in [5, 5.41) is 8.30. The Morgan fingerprint density at radius 2 is 1.69 bits per heavy atom. The zero-order chi connectivity index (χ0) is 18.4. The Hall–Kier alpha value is -3.54. The van der Waals surface area contributed by atoms with Gasteiger partial charge in [-0.05, 0) is 36.8 Å². The van der Waals surface area contributed by atoms with Gasteiger partial charge in [-0.25, -0.2) is 4.79 Å². The number of carbonyl (C=O) groups excluding carboxylic acids is 2. The predicted octanol–water partition coefficient (Wildman–Crippen LogP) is 4.16. The van der Waals surface area contributed by atoms with E-state index in [0.717, 1.165) is 5.56 Å². The Balaban J connectivity index is 1.55. The van der Waals surface area contributed by atoms with Gasteiger partial charge in [-0.1, -0.05) is 35.9 Å². The maximum atomic E-state index is 12.1. The molecule has 3 N–H and O–H groups in total. The van der Waals surface area contributed by atoms with Gasteiger partial charge < -0.3 is 20.4 Å². The van der Waals surface area contributed by atoms with Crippen LogP contribution < -0.4 is 16.0 Å². The van der Waals surface area contributed by atoms with E-state index in [4.69, 9.17) is 4.42 Å². The molecule has 0 saturated carbocycles. The van der Waals surface area contributed by atoms with Crippen LogP contribution in [-0.2, 0) is 6.54 Å². The van der Waals surface area contributed by atoms with Crippen LogP contribution in [0.5, 0.6) is 0 Å². The molecule has 26 heavy (non-hydrogen) atoms. The zero-order valence-corrected chi connectivity index (χ0v) is 14.3. The van der Waals surface area contributed by atoms with Gasteiger partial charge in [0.15, 0.2) is 0 Å². The SMILES string of the molecule is Cc1ccc(CNC(=O)Nc2cccc(NC(=O)c3ccoc3)c2)cc1. The minimum atomic E-state index is -0.316. The van der Waals surface area contributed by atoms with Crippen LogP contribution in [0.2, 0.25) is 0 Å². The van der Waals surface area contributed by atoms with Gasteiger partial charge in [0.05, 0.1) is 11.8 Å². The second-order valence-electron chi connectivity index (χ2n) is 5.84. The van der Waals surface area contributed by atoms with Crippen molar-refractivity contribution in [3.8, 4) is 0 Å². The van der Waals surface area contributed by atoms with Crippen LogP contribution in [0.1, 0.15) is 21.5 Å².